The van der Waals surface area contributed by atoms with E-state index in [-0.39, 0.29) is 5.91 Å². The molecule has 1 aliphatic rings. The van der Waals surface area contributed by atoms with E-state index >= 15 is 0 Å². The molecule has 4 aromatic rings. The molecule has 5 rings (SSSR count). The molecule has 35 heavy (non-hydrogen) atoms. The molecule has 0 aliphatic carbocycles. The Balaban J connectivity index is 1.60. The van der Waals surface area contributed by atoms with Crippen molar-refractivity contribution in [3.8, 4) is 28.4 Å². The molecule has 1 amide bonds. The van der Waals surface area contributed by atoms with Gasteiger partial charge in [0.1, 0.15) is 17.2 Å². The number of ether oxygens (including phenoxy) is 2. The predicted octanol–water partition coefficient (Wildman–Crippen LogP) is 6.06. The first kappa shape index (κ1) is 23.3. The van der Waals surface area contributed by atoms with Crippen molar-refractivity contribution < 1.29 is 14.3 Å². The monoisotopic (exact) mass is 507 g/mol. The third kappa shape index (κ3) is 4.47. The molecule has 0 spiro atoms. The molecule has 0 fully saturated rings. The number of amides is 1. The third-order valence-electron chi connectivity index (χ3n) is 6.18. The fourth-order valence-electron chi connectivity index (χ4n) is 4.32. The highest BCUT2D eigenvalue weighted by atomic mass is 35.5. The normalized spacial score (nSPS) is 12.9. The van der Waals surface area contributed by atoms with E-state index in [2.05, 4.69) is 12.1 Å². The van der Waals surface area contributed by atoms with Crippen LogP contribution >= 0.6 is 23.2 Å². The van der Waals surface area contributed by atoms with Crippen LogP contribution in [0.15, 0.2) is 66.7 Å². The van der Waals surface area contributed by atoms with Gasteiger partial charge in [0.2, 0.25) is 0 Å². The summed E-state index contributed by atoms with van der Waals surface area (Å²) in [5, 5.41) is 5.61. The van der Waals surface area contributed by atoms with Crippen LogP contribution in [0.5, 0.6) is 11.5 Å². The minimum absolute atomic E-state index is 0.114. The molecule has 0 saturated heterocycles. The zero-order chi connectivity index (χ0) is 24.5. The van der Waals surface area contributed by atoms with Crippen molar-refractivity contribution in [1.29, 1.82) is 0 Å². The first-order valence-corrected chi connectivity index (χ1v) is 11.9. The second-order valence-electron chi connectivity index (χ2n) is 8.24. The molecule has 0 bridgehead atoms. The van der Waals surface area contributed by atoms with E-state index in [1.807, 2.05) is 29.2 Å². The smallest absolute Gasteiger partial charge is 0.272 e. The number of carbonyl (C=O) groups is 1. The van der Waals surface area contributed by atoms with Gasteiger partial charge in [0.05, 0.1) is 35.6 Å². The van der Waals surface area contributed by atoms with Gasteiger partial charge in [0, 0.05) is 24.7 Å². The third-order valence-corrected chi connectivity index (χ3v) is 6.92. The predicted molar refractivity (Wildman–Crippen MR) is 137 cm³/mol. The van der Waals surface area contributed by atoms with Crippen LogP contribution in [0.2, 0.25) is 10.0 Å². The number of methoxy groups -OCH3 is 2. The zero-order valence-electron chi connectivity index (χ0n) is 19.3. The van der Waals surface area contributed by atoms with Crippen molar-refractivity contribution in [2.45, 2.75) is 13.0 Å². The molecule has 6 nitrogen and oxygen atoms in total. The van der Waals surface area contributed by atoms with E-state index in [9.17, 15) is 4.79 Å². The lowest BCUT2D eigenvalue weighted by Gasteiger charge is -2.29. The van der Waals surface area contributed by atoms with Crippen molar-refractivity contribution in [3.63, 3.8) is 0 Å². The summed E-state index contributed by atoms with van der Waals surface area (Å²) in [5.41, 5.74) is 4.83. The first-order valence-electron chi connectivity index (χ1n) is 11.1. The molecular weight excluding hydrogens is 485 g/mol. The maximum atomic E-state index is 13.8. The Morgan fingerprint density at radius 1 is 0.914 bits per heavy atom. The van der Waals surface area contributed by atoms with E-state index in [1.165, 1.54) is 5.56 Å². The van der Waals surface area contributed by atoms with Crippen LogP contribution in [0, 0.1) is 0 Å². The Bertz CT molecular complexity index is 1420. The molecule has 8 heteroatoms. The van der Waals surface area contributed by atoms with Crippen LogP contribution in [0.3, 0.4) is 0 Å². The Kier molecular flexibility index (Phi) is 6.41. The van der Waals surface area contributed by atoms with Crippen LogP contribution in [0.1, 0.15) is 21.6 Å². The van der Waals surface area contributed by atoms with Crippen LogP contribution in [0.4, 0.5) is 0 Å². The summed E-state index contributed by atoms with van der Waals surface area (Å²) in [7, 11) is 3.19. The standard InChI is InChI=1S/C27H23Cl2N3O3/c1-34-20-8-9-21(26(14-20)35-2)24-15-25(32(30-24)19-7-10-22(28)23(29)13-19)27(33)31-12-11-17-5-3-4-6-18(17)16-31/h3-10,13-15H,11-12,16H2,1-2H3. The molecule has 0 saturated carbocycles. The molecule has 0 radical (unpaired) electrons. The average Bonchev–Trinajstić information content (AvgIpc) is 3.34. The number of nitrogens with zero attached hydrogens (tertiary/aromatic N) is 3. The molecular formula is C27H23Cl2N3O3. The molecule has 1 aromatic heterocycles. The average molecular weight is 508 g/mol. The highest BCUT2D eigenvalue weighted by Crippen LogP contribution is 2.34. The van der Waals surface area contributed by atoms with Gasteiger partial charge in [-0.2, -0.15) is 5.10 Å². The van der Waals surface area contributed by atoms with Gasteiger partial charge in [0.25, 0.3) is 5.91 Å². The zero-order valence-corrected chi connectivity index (χ0v) is 20.8. The lowest BCUT2D eigenvalue weighted by Crippen LogP contribution is -2.37. The summed E-state index contributed by atoms with van der Waals surface area (Å²) >= 11 is 12.4. The number of benzene rings is 3. The van der Waals surface area contributed by atoms with Gasteiger partial charge >= 0.3 is 0 Å². The summed E-state index contributed by atoms with van der Waals surface area (Å²) in [6.07, 6.45) is 0.808. The van der Waals surface area contributed by atoms with Crippen molar-refractivity contribution in [1.82, 2.24) is 14.7 Å². The van der Waals surface area contributed by atoms with Crippen LogP contribution in [0.25, 0.3) is 16.9 Å². The van der Waals surface area contributed by atoms with Gasteiger partial charge < -0.3 is 14.4 Å². The topological polar surface area (TPSA) is 56.6 Å². The van der Waals surface area contributed by atoms with Gasteiger partial charge in [-0.05, 0) is 53.9 Å². The van der Waals surface area contributed by atoms with Gasteiger partial charge in [0.15, 0.2) is 0 Å². The molecule has 0 atom stereocenters. The molecule has 178 valence electrons. The summed E-state index contributed by atoms with van der Waals surface area (Å²) in [4.78, 5) is 15.7. The van der Waals surface area contributed by atoms with Crippen LogP contribution in [-0.2, 0) is 13.0 Å². The second kappa shape index (κ2) is 9.64. The van der Waals surface area contributed by atoms with Crippen molar-refractivity contribution in [2.75, 3.05) is 20.8 Å². The Morgan fingerprint density at radius 3 is 2.46 bits per heavy atom. The van der Waals surface area contributed by atoms with Crippen molar-refractivity contribution >= 4 is 29.1 Å². The van der Waals surface area contributed by atoms with Gasteiger partial charge in [-0.1, -0.05) is 47.5 Å². The van der Waals surface area contributed by atoms with E-state index in [4.69, 9.17) is 37.8 Å². The fourth-order valence-corrected chi connectivity index (χ4v) is 4.61. The summed E-state index contributed by atoms with van der Waals surface area (Å²) in [6, 6.07) is 20.7. The quantitative estimate of drug-likeness (QED) is 0.329. The Labute approximate surface area is 213 Å². The highest BCUT2D eigenvalue weighted by Gasteiger charge is 2.27. The SMILES string of the molecule is COc1ccc(-c2cc(C(=O)N3CCc4ccccc4C3)n(-c3ccc(Cl)c(Cl)c3)n2)c(OC)c1. The lowest BCUT2D eigenvalue weighted by atomic mass is 9.99. The minimum atomic E-state index is -0.114. The van der Waals surface area contributed by atoms with Gasteiger partial charge in [-0.15, -0.1) is 0 Å². The number of fused-ring (bicyclic) bond motifs is 1. The summed E-state index contributed by atoms with van der Waals surface area (Å²) < 4.78 is 12.5. The second-order valence-corrected chi connectivity index (χ2v) is 9.05. The van der Waals surface area contributed by atoms with Gasteiger partial charge in [-0.25, -0.2) is 4.68 Å². The van der Waals surface area contributed by atoms with E-state index in [1.54, 1.807) is 49.2 Å². The molecule has 1 aliphatic heterocycles. The largest absolute Gasteiger partial charge is 0.497 e. The first-order chi connectivity index (χ1) is 17.0. The minimum Gasteiger partial charge on any atom is -0.497 e. The highest BCUT2D eigenvalue weighted by molar-refractivity contribution is 6.42. The Morgan fingerprint density at radius 2 is 1.71 bits per heavy atom. The van der Waals surface area contributed by atoms with E-state index in [0.29, 0.717) is 51.7 Å². The number of aromatic nitrogens is 2. The van der Waals surface area contributed by atoms with Crippen LogP contribution < -0.4 is 9.47 Å². The summed E-state index contributed by atoms with van der Waals surface area (Å²) in [5.74, 6) is 1.14. The molecule has 3 aromatic carbocycles. The lowest BCUT2D eigenvalue weighted by molar-refractivity contribution is 0.0725. The molecule has 0 unspecified atom stereocenters. The number of halogens is 2. The molecule has 0 N–H and O–H groups in total. The Hall–Kier alpha value is -3.48. The van der Waals surface area contributed by atoms with Gasteiger partial charge in [-0.3, -0.25) is 4.79 Å². The van der Waals surface area contributed by atoms with E-state index < -0.39 is 0 Å². The number of hydrogen-bond acceptors (Lipinski definition) is 4. The fraction of sp³-hybridized carbons (Fsp3) is 0.185. The number of rotatable bonds is 5. The maximum Gasteiger partial charge on any atom is 0.272 e. The number of carbonyl (C=O) groups excluding carboxylic acids is 1. The summed E-state index contributed by atoms with van der Waals surface area (Å²) in [6.45, 7) is 1.17. The maximum absolute atomic E-state index is 13.8. The number of hydrogen-bond donors (Lipinski definition) is 0. The van der Waals surface area contributed by atoms with Crippen molar-refractivity contribution in [2.24, 2.45) is 0 Å². The van der Waals surface area contributed by atoms with E-state index in [0.717, 1.165) is 17.5 Å². The van der Waals surface area contributed by atoms with Crippen molar-refractivity contribution in [3.05, 3.63) is 93.6 Å². The van der Waals surface area contributed by atoms with Crippen LogP contribution in [-0.4, -0.2) is 41.4 Å². The molecule has 2 heterocycles.